The minimum absolute atomic E-state index is 0.0332. The van der Waals surface area contributed by atoms with Crippen molar-refractivity contribution in [2.45, 2.75) is 26.9 Å². The van der Waals surface area contributed by atoms with Gasteiger partial charge >= 0.3 is 13.6 Å². The lowest BCUT2D eigenvalue weighted by Gasteiger charge is -2.18. The highest BCUT2D eigenvalue weighted by Crippen LogP contribution is 2.51. The Kier molecular flexibility index (Phi) is 6.40. The second kappa shape index (κ2) is 8.12. The van der Waals surface area contributed by atoms with E-state index in [1.807, 2.05) is 0 Å². The molecule has 0 spiro atoms. The predicted molar refractivity (Wildman–Crippen MR) is 90.7 cm³/mol. The van der Waals surface area contributed by atoms with Crippen molar-refractivity contribution in [2.24, 2.45) is 0 Å². The van der Waals surface area contributed by atoms with E-state index in [4.69, 9.17) is 25.4 Å². The molecule has 0 aliphatic heterocycles. The molecule has 132 valence electrons. The zero-order chi connectivity index (χ0) is 17.7. The SMILES string of the molecule is CCOC(=O)c1cnc2cc(Cl)cc(CP(=O)(OCC)OCC)n12. The minimum atomic E-state index is -3.37. The molecule has 0 unspecified atom stereocenters. The molecule has 0 aliphatic carbocycles. The first-order valence-corrected chi connectivity index (χ1v) is 9.75. The molecule has 2 heterocycles. The van der Waals surface area contributed by atoms with Crippen LogP contribution in [0.2, 0.25) is 5.02 Å². The summed E-state index contributed by atoms with van der Waals surface area (Å²) in [5, 5.41) is 0.415. The third-order valence-electron chi connectivity index (χ3n) is 3.14. The Morgan fingerprint density at radius 2 is 1.88 bits per heavy atom. The Labute approximate surface area is 145 Å². The summed E-state index contributed by atoms with van der Waals surface area (Å²) < 4.78 is 30.1. The summed E-state index contributed by atoms with van der Waals surface area (Å²) in [6, 6.07) is 3.23. The predicted octanol–water partition coefficient (Wildman–Crippen LogP) is 3.93. The fraction of sp³-hybridized carbons (Fsp3) is 0.467. The second-order valence-electron chi connectivity index (χ2n) is 4.83. The van der Waals surface area contributed by atoms with Crippen LogP contribution in [0.5, 0.6) is 0 Å². The van der Waals surface area contributed by atoms with E-state index in [0.717, 1.165) is 0 Å². The van der Waals surface area contributed by atoms with Crippen molar-refractivity contribution >= 4 is 30.8 Å². The van der Waals surface area contributed by atoms with Crippen molar-refractivity contribution in [2.75, 3.05) is 19.8 Å². The zero-order valence-corrected chi connectivity index (χ0v) is 15.5. The van der Waals surface area contributed by atoms with E-state index in [1.165, 1.54) is 6.20 Å². The second-order valence-corrected chi connectivity index (χ2v) is 7.32. The van der Waals surface area contributed by atoms with E-state index in [9.17, 15) is 9.36 Å². The molecule has 0 aliphatic rings. The van der Waals surface area contributed by atoms with Gasteiger partial charge in [-0.15, -0.1) is 0 Å². The minimum Gasteiger partial charge on any atom is -0.461 e. The summed E-state index contributed by atoms with van der Waals surface area (Å²) in [4.78, 5) is 16.3. The molecule has 0 aromatic carbocycles. The lowest BCUT2D eigenvalue weighted by Crippen LogP contribution is -2.11. The highest BCUT2D eigenvalue weighted by Gasteiger charge is 2.27. The summed E-state index contributed by atoms with van der Waals surface area (Å²) in [6.45, 7) is 5.93. The van der Waals surface area contributed by atoms with Gasteiger partial charge in [0.05, 0.1) is 32.2 Å². The molecule has 0 atom stereocenters. The number of rotatable bonds is 8. The molecule has 9 heteroatoms. The van der Waals surface area contributed by atoms with Crippen molar-refractivity contribution in [1.82, 2.24) is 9.38 Å². The molecule has 24 heavy (non-hydrogen) atoms. The number of nitrogens with zero attached hydrogens (tertiary/aromatic N) is 2. The number of ether oxygens (including phenoxy) is 1. The topological polar surface area (TPSA) is 79.1 Å². The van der Waals surface area contributed by atoms with Crippen LogP contribution in [0.3, 0.4) is 0 Å². The van der Waals surface area contributed by atoms with E-state index < -0.39 is 13.6 Å². The monoisotopic (exact) mass is 374 g/mol. The van der Waals surface area contributed by atoms with Crippen LogP contribution >= 0.6 is 19.2 Å². The molecule has 0 radical (unpaired) electrons. The summed E-state index contributed by atoms with van der Waals surface area (Å²) >= 11 is 6.12. The van der Waals surface area contributed by atoms with Gasteiger partial charge in [-0.3, -0.25) is 8.97 Å². The Hall–Kier alpha value is -1.40. The number of hydrogen-bond acceptors (Lipinski definition) is 6. The van der Waals surface area contributed by atoms with Crippen molar-refractivity contribution in [3.63, 3.8) is 0 Å². The van der Waals surface area contributed by atoms with Gasteiger partial charge in [-0.05, 0) is 26.8 Å². The molecule has 0 amide bonds. The average Bonchev–Trinajstić information content (AvgIpc) is 2.91. The molecule has 2 aromatic rings. The van der Waals surface area contributed by atoms with Gasteiger partial charge in [0.15, 0.2) is 5.69 Å². The first-order chi connectivity index (χ1) is 11.4. The molecular formula is C15H20ClN2O5P. The third-order valence-corrected chi connectivity index (χ3v) is 5.37. The van der Waals surface area contributed by atoms with Gasteiger partial charge in [0, 0.05) is 16.8 Å². The van der Waals surface area contributed by atoms with Gasteiger partial charge < -0.3 is 13.8 Å². The molecule has 0 fully saturated rings. The highest BCUT2D eigenvalue weighted by atomic mass is 35.5. The molecular weight excluding hydrogens is 355 g/mol. The number of fused-ring (bicyclic) bond motifs is 1. The number of pyridine rings is 1. The van der Waals surface area contributed by atoms with Crippen LogP contribution in [0.4, 0.5) is 0 Å². The Balaban J connectivity index is 2.53. The van der Waals surface area contributed by atoms with Gasteiger partial charge in [0.1, 0.15) is 5.65 Å². The molecule has 0 N–H and O–H groups in total. The number of esters is 1. The van der Waals surface area contributed by atoms with Gasteiger partial charge in [-0.2, -0.15) is 0 Å². The number of imidazole rings is 1. The fourth-order valence-electron chi connectivity index (χ4n) is 2.34. The molecule has 0 bridgehead atoms. The van der Waals surface area contributed by atoms with E-state index in [0.29, 0.717) is 16.4 Å². The first kappa shape index (κ1) is 18.9. The highest BCUT2D eigenvalue weighted by molar-refractivity contribution is 7.53. The Bertz CT molecular complexity index is 767. The number of carbonyl (C=O) groups excluding carboxylic acids is 1. The van der Waals surface area contributed by atoms with Gasteiger partial charge in [-0.1, -0.05) is 11.6 Å². The summed E-state index contributed by atoms with van der Waals surface area (Å²) in [5.41, 5.74) is 1.20. The maximum absolute atomic E-state index is 12.8. The molecule has 0 saturated heterocycles. The molecule has 7 nitrogen and oxygen atoms in total. The van der Waals surface area contributed by atoms with Gasteiger partial charge in [0.25, 0.3) is 0 Å². The van der Waals surface area contributed by atoms with Crippen LogP contribution in [-0.4, -0.2) is 35.2 Å². The summed E-state index contributed by atoms with van der Waals surface area (Å²) in [5.74, 6) is -0.517. The van der Waals surface area contributed by atoms with Crippen LogP contribution < -0.4 is 0 Å². The molecule has 0 saturated carbocycles. The normalized spacial score (nSPS) is 11.8. The zero-order valence-electron chi connectivity index (χ0n) is 13.8. The number of halogens is 1. The number of hydrogen-bond donors (Lipinski definition) is 0. The smallest absolute Gasteiger partial charge is 0.356 e. The number of aromatic nitrogens is 2. The molecule has 2 rings (SSSR count). The van der Waals surface area contributed by atoms with Crippen LogP contribution in [-0.2, 0) is 24.5 Å². The third kappa shape index (κ3) is 4.16. The fourth-order valence-corrected chi connectivity index (χ4v) is 4.24. The summed E-state index contributed by atoms with van der Waals surface area (Å²) in [6.07, 6.45) is 1.37. The van der Waals surface area contributed by atoms with Gasteiger partial charge in [0.2, 0.25) is 0 Å². The van der Waals surface area contributed by atoms with Crippen LogP contribution in [0.1, 0.15) is 37.0 Å². The first-order valence-electron chi connectivity index (χ1n) is 7.65. The van der Waals surface area contributed by atoms with E-state index in [1.54, 1.807) is 37.3 Å². The number of carbonyl (C=O) groups is 1. The maximum Gasteiger partial charge on any atom is 0.356 e. The molecule has 2 aromatic heterocycles. The van der Waals surface area contributed by atoms with E-state index in [-0.39, 0.29) is 31.7 Å². The summed E-state index contributed by atoms with van der Waals surface area (Å²) in [7, 11) is -3.37. The Morgan fingerprint density at radius 3 is 2.46 bits per heavy atom. The van der Waals surface area contributed by atoms with Crippen molar-refractivity contribution < 1.29 is 23.1 Å². The quantitative estimate of drug-likeness (QED) is 0.514. The van der Waals surface area contributed by atoms with Crippen molar-refractivity contribution in [3.05, 3.63) is 34.7 Å². The van der Waals surface area contributed by atoms with Crippen LogP contribution in [0.15, 0.2) is 18.3 Å². The lowest BCUT2D eigenvalue weighted by molar-refractivity contribution is 0.0517. The Morgan fingerprint density at radius 1 is 1.21 bits per heavy atom. The van der Waals surface area contributed by atoms with Crippen LogP contribution in [0.25, 0.3) is 5.65 Å². The lowest BCUT2D eigenvalue weighted by atomic mass is 10.3. The maximum atomic E-state index is 12.8. The van der Waals surface area contributed by atoms with Crippen molar-refractivity contribution in [3.8, 4) is 0 Å². The standard InChI is InChI=1S/C15H20ClN2O5P/c1-4-21-15(19)13-9-17-14-8-11(16)7-12(18(13)14)10-24(20,22-5-2)23-6-3/h7-9H,4-6,10H2,1-3H3. The van der Waals surface area contributed by atoms with E-state index in [2.05, 4.69) is 4.98 Å². The van der Waals surface area contributed by atoms with Crippen LogP contribution in [0, 0.1) is 0 Å². The van der Waals surface area contributed by atoms with Crippen molar-refractivity contribution in [1.29, 1.82) is 0 Å². The average molecular weight is 375 g/mol. The van der Waals surface area contributed by atoms with E-state index >= 15 is 0 Å². The van der Waals surface area contributed by atoms with Gasteiger partial charge in [-0.25, -0.2) is 9.78 Å². The largest absolute Gasteiger partial charge is 0.461 e.